The Kier molecular flexibility index (Phi) is 5.07. The Morgan fingerprint density at radius 1 is 1.33 bits per heavy atom. The van der Waals surface area contributed by atoms with Gasteiger partial charge in [0.1, 0.15) is 5.75 Å². The molecule has 1 saturated carbocycles. The van der Waals surface area contributed by atoms with Crippen LogP contribution in [-0.4, -0.2) is 31.3 Å². The average Bonchev–Trinajstić information content (AvgIpc) is 2.52. The molecule has 5 nitrogen and oxygen atoms in total. The Morgan fingerprint density at radius 3 is 2.67 bits per heavy atom. The maximum absolute atomic E-state index is 12.3. The molecule has 4 N–H and O–H groups in total. The number of ether oxygens (including phenoxy) is 1. The normalized spacial score (nSPS) is 17.2. The molecule has 1 fully saturated rings. The van der Waals surface area contributed by atoms with Crippen LogP contribution in [0.25, 0.3) is 0 Å². The molecule has 1 aliphatic carbocycles. The lowest BCUT2D eigenvalue weighted by Gasteiger charge is -2.35. The van der Waals surface area contributed by atoms with E-state index in [9.17, 15) is 9.90 Å². The van der Waals surface area contributed by atoms with Gasteiger partial charge in [-0.2, -0.15) is 0 Å². The summed E-state index contributed by atoms with van der Waals surface area (Å²) in [5, 5.41) is 12.6. The van der Waals surface area contributed by atoms with E-state index < -0.39 is 0 Å². The molecule has 0 radical (unpaired) electrons. The fourth-order valence-corrected chi connectivity index (χ4v) is 2.93. The number of methoxy groups -OCH3 is 1. The number of carbonyl (C=O) groups is 1. The second kappa shape index (κ2) is 6.80. The SMILES string of the molecule is COc1cc(N)cc(C(=O)NCC2(CO)CCCCC2)c1. The van der Waals surface area contributed by atoms with Crippen molar-refractivity contribution < 1.29 is 14.6 Å². The standard InChI is InChI=1S/C16H24N2O3/c1-21-14-8-12(7-13(17)9-14)15(20)18-10-16(11-19)5-3-2-4-6-16/h7-9,19H,2-6,10-11,17H2,1H3,(H,18,20). The molecule has 0 atom stereocenters. The Morgan fingerprint density at radius 2 is 2.05 bits per heavy atom. The van der Waals surface area contributed by atoms with Crippen LogP contribution in [0.3, 0.4) is 0 Å². The number of nitrogen functional groups attached to an aromatic ring is 1. The molecule has 2 rings (SSSR count). The van der Waals surface area contributed by atoms with Gasteiger partial charge in [0, 0.05) is 29.3 Å². The van der Waals surface area contributed by atoms with Gasteiger partial charge in [-0.3, -0.25) is 4.79 Å². The van der Waals surface area contributed by atoms with E-state index in [2.05, 4.69) is 5.32 Å². The smallest absolute Gasteiger partial charge is 0.251 e. The maximum atomic E-state index is 12.3. The number of nitrogens with two attached hydrogens (primary N) is 1. The van der Waals surface area contributed by atoms with Crippen LogP contribution >= 0.6 is 0 Å². The fraction of sp³-hybridized carbons (Fsp3) is 0.562. The van der Waals surface area contributed by atoms with Crippen molar-refractivity contribution in [1.29, 1.82) is 0 Å². The quantitative estimate of drug-likeness (QED) is 0.724. The van der Waals surface area contributed by atoms with E-state index in [1.807, 2.05) is 0 Å². The molecule has 0 unspecified atom stereocenters. The summed E-state index contributed by atoms with van der Waals surface area (Å²) in [6.45, 7) is 0.618. The Labute approximate surface area is 125 Å². The number of aliphatic hydroxyl groups excluding tert-OH is 1. The van der Waals surface area contributed by atoms with Crippen molar-refractivity contribution in [1.82, 2.24) is 5.32 Å². The number of hydrogen-bond donors (Lipinski definition) is 3. The van der Waals surface area contributed by atoms with Crippen LogP contribution < -0.4 is 15.8 Å². The number of amides is 1. The van der Waals surface area contributed by atoms with Gasteiger partial charge < -0.3 is 20.9 Å². The predicted octanol–water partition coefficient (Wildman–Crippen LogP) is 1.95. The van der Waals surface area contributed by atoms with Crippen molar-refractivity contribution in [3.05, 3.63) is 23.8 Å². The Hall–Kier alpha value is -1.75. The molecule has 1 amide bonds. The van der Waals surface area contributed by atoms with Gasteiger partial charge in [-0.05, 0) is 25.0 Å². The topological polar surface area (TPSA) is 84.6 Å². The fourth-order valence-electron chi connectivity index (χ4n) is 2.93. The van der Waals surface area contributed by atoms with E-state index in [0.717, 1.165) is 25.7 Å². The summed E-state index contributed by atoms with van der Waals surface area (Å²) in [7, 11) is 1.54. The third-order valence-corrected chi connectivity index (χ3v) is 4.30. The molecular weight excluding hydrogens is 268 g/mol. The van der Waals surface area contributed by atoms with Crippen molar-refractivity contribution in [2.24, 2.45) is 5.41 Å². The molecule has 0 saturated heterocycles. The molecular formula is C16H24N2O3. The number of benzene rings is 1. The average molecular weight is 292 g/mol. The van der Waals surface area contributed by atoms with E-state index in [1.165, 1.54) is 6.42 Å². The summed E-state index contributed by atoms with van der Waals surface area (Å²) in [5.41, 5.74) is 6.57. The molecule has 116 valence electrons. The number of anilines is 1. The first kappa shape index (κ1) is 15.6. The highest BCUT2D eigenvalue weighted by Crippen LogP contribution is 2.35. The zero-order chi connectivity index (χ0) is 15.3. The highest BCUT2D eigenvalue weighted by atomic mass is 16.5. The van der Waals surface area contributed by atoms with E-state index >= 15 is 0 Å². The van der Waals surface area contributed by atoms with E-state index in [-0.39, 0.29) is 17.9 Å². The lowest BCUT2D eigenvalue weighted by Crippen LogP contribution is -2.41. The largest absolute Gasteiger partial charge is 0.497 e. The lowest BCUT2D eigenvalue weighted by atomic mass is 9.74. The molecule has 5 heteroatoms. The van der Waals surface area contributed by atoms with E-state index in [4.69, 9.17) is 10.5 Å². The van der Waals surface area contributed by atoms with E-state index in [1.54, 1.807) is 25.3 Å². The van der Waals surface area contributed by atoms with Crippen LogP contribution in [0.4, 0.5) is 5.69 Å². The number of rotatable bonds is 5. The van der Waals surface area contributed by atoms with Gasteiger partial charge in [-0.15, -0.1) is 0 Å². The number of hydrogen-bond acceptors (Lipinski definition) is 4. The number of carbonyl (C=O) groups excluding carboxylic acids is 1. The first-order chi connectivity index (χ1) is 10.1. The summed E-state index contributed by atoms with van der Waals surface area (Å²) >= 11 is 0. The molecule has 1 aliphatic rings. The molecule has 21 heavy (non-hydrogen) atoms. The van der Waals surface area contributed by atoms with Gasteiger partial charge in [0.2, 0.25) is 0 Å². The van der Waals surface area contributed by atoms with Gasteiger partial charge in [0.15, 0.2) is 0 Å². The third-order valence-electron chi connectivity index (χ3n) is 4.30. The lowest BCUT2D eigenvalue weighted by molar-refractivity contribution is 0.0718. The summed E-state index contributed by atoms with van der Waals surface area (Å²) in [4.78, 5) is 12.3. The molecule has 1 aromatic carbocycles. The van der Waals surface area contributed by atoms with Gasteiger partial charge in [-0.25, -0.2) is 0 Å². The molecule has 0 aromatic heterocycles. The highest BCUT2D eigenvalue weighted by molar-refractivity contribution is 5.95. The minimum absolute atomic E-state index is 0.119. The monoisotopic (exact) mass is 292 g/mol. The van der Waals surface area contributed by atoms with Crippen LogP contribution in [0.1, 0.15) is 42.5 Å². The van der Waals surface area contributed by atoms with Gasteiger partial charge in [0.25, 0.3) is 5.91 Å². The number of aliphatic hydroxyl groups is 1. The first-order valence-electron chi connectivity index (χ1n) is 7.42. The Bertz CT molecular complexity index is 496. The first-order valence-corrected chi connectivity index (χ1v) is 7.42. The predicted molar refractivity (Wildman–Crippen MR) is 82.3 cm³/mol. The second-order valence-corrected chi connectivity index (χ2v) is 5.90. The van der Waals surface area contributed by atoms with Gasteiger partial charge in [0.05, 0.1) is 13.7 Å². The summed E-state index contributed by atoms with van der Waals surface area (Å²) in [6, 6.07) is 4.97. The summed E-state index contributed by atoms with van der Waals surface area (Å²) < 4.78 is 5.12. The molecule has 0 spiro atoms. The van der Waals surface area contributed by atoms with Gasteiger partial charge in [-0.1, -0.05) is 19.3 Å². The minimum Gasteiger partial charge on any atom is -0.497 e. The second-order valence-electron chi connectivity index (χ2n) is 5.90. The molecule has 0 aliphatic heterocycles. The van der Waals surface area contributed by atoms with Crippen LogP contribution in [0.5, 0.6) is 5.75 Å². The molecule has 0 heterocycles. The van der Waals surface area contributed by atoms with Crippen molar-refractivity contribution in [3.8, 4) is 5.75 Å². The van der Waals surface area contributed by atoms with Crippen molar-refractivity contribution in [2.75, 3.05) is 26.0 Å². The maximum Gasteiger partial charge on any atom is 0.251 e. The zero-order valence-corrected chi connectivity index (χ0v) is 12.5. The van der Waals surface area contributed by atoms with Gasteiger partial charge >= 0.3 is 0 Å². The minimum atomic E-state index is -0.181. The van der Waals surface area contributed by atoms with Crippen LogP contribution in [0, 0.1) is 5.41 Å². The van der Waals surface area contributed by atoms with Crippen LogP contribution in [-0.2, 0) is 0 Å². The molecule has 0 bridgehead atoms. The zero-order valence-electron chi connectivity index (χ0n) is 12.5. The highest BCUT2D eigenvalue weighted by Gasteiger charge is 2.31. The number of nitrogens with one attached hydrogen (secondary N) is 1. The van der Waals surface area contributed by atoms with Crippen LogP contribution in [0.2, 0.25) is 0 Å². The van der Waals surface area contributed by atoms with Crippen molar-refractivity contribution >= 4 is 11.6 Å². The summed E-state index contributed by atoms with van der Waals surface area (Å²) in [5.74, 6) is 0.383. The Balaban J connectivity index is 2.02. The van der Waals surface area contributed by atoms with Crippen LogP contribution in [0.15, 0.2) is 18.2 Å². The van der Waals surface area contributed by atoms with E-state index in [0.29, 0.717) is 23.5 Å². The third kappa shape index (κ3) is 3.88. The summed E-state index contributed by atoms with van der Waals surface area (Å²) in [6.07, 6.45) is 5.36. The van der Waals surface area contributed by atoms with Crippen molar-refractivity contribution in [2.45, 2.75) is 32.1 Å². The van der Waals surface area contributed by atoms with Crippen molar-refractivity contribution in [3.63, 3.8) is 0 Å². The molecule has 1 aromatic rings.